The molecule has 4 nitrogen and oxygen atoms in total. The van der Waals surface area contributed by atoms with Crippen molar-refractivity contribution < 1.29 is 18.0 Å². The molecule has 1 amide bonds. The molecule has 0 aromatic carbocycles. The van der Waals surface area contributed by atoms with Crippen LogP contribution in [0.5, 0.6) is 0 Å². The van der Waals surface area contributed by atoms with E-state index in [0.717, 1.165) is 25.9 Å². The van der Waals surface area contributed by atoms with Gasteiger partial charge in [0.15, 0.2) is 0 Å². The molecular weight excluding hydrogens is 307 g/mol. The lowest BCUT2D eigenvalue weighted by Crippen LogP contribution is -2.50. The lowest BCUT2D eigenvalue weighted by Gasteiger charge is -2.36. The van der Waals surface area contributed by atoms with Gasteiger partial charge in [-0.05, 0) is 46.1 Å². The van der Waals surface area contributed by atoms with Crippen LogP contribution in [-0.4, -0.2) is 66.7 Å². The average Bonchev–Trinajstić information content (AvgIpc) is 2.47. The van der Waals surface area contributed by atoms with E-state index in [1.54, 1.807) is 4.90 Å². The number of alkyl halides is 3. The normalized spacial score (nSPS) is 25.7. The number of nitrogens with one attached hydrogen (secondary N) is 1. The molecule has 2 aliphatic rings. The molecule has 2 rings (SSSR count). The second-order valence-corrected chi connectivity index (χ2v) is 7.09. The van der Waals surface area contributed by atoms with Crippen LogP contribution in [0.1, 0.15) is 39.5 Å². The smallest absolute Gasteiger partial charge is 0.352 e. The fraction of sp³-hybridized carbons (Fsp3) is 0.938. The quantitative estimate of drug-likeness (QED) is 0.856. The first-order valence-electron chi connectivity index (χ1n) is 8.58. The maximum absolute atomic E-state index is 12.8. The maximum atomic E-state index is 12.8. The molecule has 1 N–H and O–H groups in total. The lowest BCUT2D eigenvalue weighted by atomic mass is 9.97. The summed E-state index contributed by atoms with van der Waals surface area (Å²) in [4.78, 5) is 16.1. The molecule has 2 heterocycles. The molecule has 7 heteroatoms. The van der Waals surface area contributed by atoms with Gasteiger partial charge in [0.1, 0.15) is 0 Å². The summed E-state index contributed by atoms with van der Waals surface area (Å²) in [6, 6.07) is 0.667. The molecule has 0 spiro atoms. The Balaban J connectivity index is 1.73. The molecule has 1 atom stereocenters. The molecule has 0 aromatic heterocycles. The Morgan fingerprint density at radius 1 is 1.17 bits per heavy atom. The van der Waals surface area contributed by atoms with E-state index in [1.807, 2.05) is 0 Å². The lowest BCUT2D eigenvalue weighted by molar-refractivity contribution is -0.187. The largest absolute Gasteiger partial charge is 0.393 e. The van der Waals surface area contributed by atoms with E-state index in [1.165, 1.54) is 0 Å². The van der Waals surface area contributed by atoms with Crippen LogP contribution < -0.4 is 5.32 Å². The number of likely N-dealkylation sites (tertiary alicyclic amines) is 2. The van der Waals surface area contributed by atoms with E-state index in [2.05, 4.69) is 24.1 Å². The van der Waals surface area contributed by atoms with Gasteiger partial charge in [-0.2, -0.15) is 13.2 Å². The van der Waals surface area contributed by atoms with Gasteiger partial charge in [-0.25, -0.2) is 0 Å². The summed E-state index contributed by atoms with van der Waals surface area (Å²) in [6.07, 6.45) is -1.65. The zero-order valence-electron chi connectivity index (χ0n) is 14.0. The fourth-order valence-electron chi connectivity index (χ4n) is 3.50. The number of carbonyl (C=O) groups is 1. The fourth-order valence-corrected chi connectivity index (χ4v) is 3.50. The van der Waals surface area contributed by atoms with Crippen LogP contribution in [0.2, 0.25) is 0 Å². The monoisotopic (exact) mass is 335 g/mol. The third-order valence-corrected chi connectivity index (χ3v) is 4.96. The predicted molar refractivity (Wildman–Crippen MR) is 83.1 cm³/mol. The highest BCUT2D eigenvalue weighted by atomic mass is 19.4. The first kappa shape index (κ1) is 18.5. The van der Waals surface area contributed by atoms with Crippen molar-refractivity contribution >= 4 is 5.91 Å². The number of carbonyl (C=O) groups excluding carboxylic acids is 1. The predicted octanol–water partition coefficient (Wildman–Crippen LogP) is 2.25. The maximum Gasteiger partial charge on any atom is 0.393 e. The Hall–Kier alpha value is -0.820. The highest BCUT2D eigenvalue weighted by Gasteiger charge is 2.42. The Kier molecular flexibility index (Phi) is 6.31. The Morgan fingerprint density at radius 2 is 1.83 bits per heavy atom. The number of piperidine rings is 2. The summed E-state index contributed by atoms with van der Waals surface area (Å²) >= 11 is 0. The molecule has 23 heavy (non-hydrogen) atoms. The summed E-state index contributed by atoms with van der Waals surface area (Å²) < 4.78 is 38.4. The third-order valence-electron chi connectivity index (χ3n) is 4.96. The van der Waals surface area contributed by atoms with Gasteiger partial charge >= 0.3 is 6.18 Å². The Bertz CT molecular complexity index is 393. The van der Waals surface area contributed by atoms with Crippen LogP contribution in [-0.2, 0) is 4.79 Å². The molecule has 0 radical (unpaired) electrons. The number of hydrogen-bond donors (Lipinski definition) is 1. The number of nitrogens with zero attached hydrogens (tertiary/aromatic N) is 2. The molecule has 2 fully saturated rings. The second kappa shape index (κ2) is 7.83. The molecule has 1 unspecified atom stereocenters. The summed E-state index contributed by atoms with van der Waals surface area (Å²) in [7, 11) is 0. The SMILES string of the molecule is CC(C)N1CCC(NC(=O)CN2CCCC(C(F)(F)F)C2)CC1. The van der Waals surface area contributed by atoms with Crippen LogP contribution >= 0.6 is 0 Å². The standard InChI is InChI=1S/C16H28F3N3O/c1-12(2)22-8-5-14(6-9-22)20-15(23)11-21-7-3-4-13(10-21)16(17,18)19/h12-14H,3-11H2,1-2H3,(H,20,23). The minimum Gasteiger partial charge on any atom is -0.352 e. The van der Waals surface area contributed by atoms with Crippen LogP contribution in [0.15, 0.2) is 0 Å². The van der Waals surface area contributed by atoms with Crippen molar-refractivity contribution in [3.05, 3.63) is 0 Å². The van der Waals surface area contributed by atoms with Gasteiger partial charge < -0.3 is 10.2 Å². The zero-order chi connectivity index (χ0) is 17.0. The van der Waals surface area contributed by atoms with E-state index >= 15 is 0 Å². The first-order chi connectivity index (χ1) is 10.8. The van der Waals surface area contributed by atoms with Gasteiger partial charge in [0.2, 0.25) is 5.91 Å². The van der Waals surface area contributed by atoms with Crippen molar-refractivity contribution in [2.24, 2.45) is 5.92 Å². The van der Waals surface area contributed by atoms with Gasteiger partial charge in [-0.3, -0.25) is 9.69 Å². The summed E-state index contributed by atoms with van der Waals surface area (Å²) in [5.41, 5.74) is 0. The topological polar surface area (TPSA) is 35.6 Å². The molecule has 0 aliphatic carbocycles. The Morgan fingerprint density at radius 3 is 2.39 bits per heavy atom. The summed E-state index contributed by atoms with van der Waals surface area (Å²) in [5, 5.41) is 2.99. The van der Waals surface area contributed by atoms with Crippen LogP contribution in [0.4, 0.5) is 13.2 Å². The third kappa shape index (κ3) is 5.64. The van der Waals surface area contributed by atoms with Crippen LogP contribution in [0.3, 0.4) is 0 Å². The number of rotatable bonds is 4. The zero-order valence-corrected chi connectivity index (χ0v) is 14.0. The first-order valence-corrected chi connectivity index (χ1v) is 8.58. The van der Waals surface area contributed by atoms with Gasteiger partial charge in [-0.1, -0.05) is 0 Å². The molecule has 0 aromatic rings. The molecule has 0 saturated carbocycles. The van der Waals surface area contributed by atoms with E-state index in [0.29, 0.717) is 19.0 Å². The molecule has 0 bridgehead atoms. The minimum absolute atomic E-state index is 0.0529. The van der Waals surface area contributed by atoms with E-state index in [9.17, 15) is 18.0 Å². The van der Waals surface area contributed by atoms with E-state index in [-0.39, 0.29) is 31.5 Å². The average molecular weight is 335 g/mol. The van der Waals surface area contributed by atoms with Crippen LogP contribution in [0, 0.1) is 5.92 Å². The number of amides is 1. The second-order valence-electron chi connectivity index (χ2n) is 7.09. The number of hydrogen-bond acceptors (Lipinski definition) is 3. The van der Waals surface area contributed by atoms with Crippen LogP contribution in [0.25, 0.3) is 0 Å². The summed E-state index contributed by atoms with van der Waals surface area (Å²) in [6.45, 7) is 6.84. The molecule has 134 valence electrons. The van der Waals surface area contributed by atoms with Gasteiger partial charge in [0.05, 0.1) is 12.5 Å². The minimum atomic E-state index is -4.15. The highest BCUT2D eigenvalue weighted by Crippen LogP contribution is 2.32. The van der Waals surface area contributed by atoms with Crippen molar-refractivity contribution in [1.82, 2.24) is 15.1 Å². The van der Waals surface area contributed by atoms with Crippen molar-refractivity contribution in [3.8, 4) is 0 Å². The van der Waals surface area contributed by atoms with Crippen molar-refractivity contribution in [2.75, 3.05) is 32.7 Å². The number of halogens is 3. The van der Waals surface area contributed by atoms with Gasteiger partial charge in [0, 0.05) is 31.7 Å². The highest BCUT2D eigenvalue weighted by molar-refractivity contribution is 5.78. The van der Waals surface area contributed by atoms with E-state index < -0.39 is 12.1 Å². The molecule has 2 aliphatic heterocycles. The molecular formula is C16H28F3N3O. The van der Waals surface area contributed by atoms with Crippen molar-refractivity contribution in [1.29, 1.82) is 0 Å². The van der Waals surface area contributed by atoms with Gasteiger partial charge in [-0.15, -0.1) is 0 Å². The van der Waals surface area contributed by atoms with Crippen molar-refractivity contribution in [2.45, 2.75) is 57.8 Å². The molecule has 2 saturated heterocycles. The van der Waals surface area contributed by atoms with Gasteiger partial charge in [0.25, 0.3) is 0 Å². The van der Waals surface area contributed by atoms with E-state index in [4.69, 9.17) is 0 Å². The summed E-state index contributed by atoms with van der Waals surface area (Å²) in [5.74, 6) is -1.44. The Labute approximate surface area is 136 Å². The van der Waals surface area contributed by atoms with Crippen molar-refractivity contribution in [3.63, 3.8) is 0 Å².